The van der Waals surface area contributed by atoms with E-state index in [1.54, 1.807) is 18.2 Å². The number of thioether (sulfide) groups is 1. The second kappa shape index (κ2) is 10.1. The quantitative estimate of drug-likeness (QED) is 0.197. The maximum Gasteiger partial charge on any atom is 0.220 e. The van der Waals surface area contributed by atoms with Gasteiger partial charge in [0, 0.05) is 10.6 Å². The molecule has 9 heteroatoms. The number of hydrogen-bond donors (Lipinski definition) is 0. The molecule has 0 bridgehead atoms. The minimum atomic E-state index is -0.496. The Morgan fingerprint density at radius 1 is 1.23 bits per heavy atom. The first-order valence-corrected chi connectivity index (χ1v) is 10.5. The van der Waals surface area contributed by atoms with E-state index in [9.17, 15) is 10.1 Å². The minimum absolute atomic E-state index is 0.277. The van der Waals surface area contributed by atoms with Crippen LogP contribution in [0.5, 0.6) is 11.5 Å². The molecule has 1 heterocycles. The van der Waals surface area contributed by atoms with Gasteiger partial charge in [-0.3, -0.25) is 14.7 Å². The standard InChI is InChI=1S/C22H24N4O4S/c1-5-11-30-19-10-9-17(13-20(19)29-4)21(14-25(27)28)31-22-24-23-16(3)26(22)18-8-6-7-15(2)12-18/h5-10,12-13,21H,1,11,14H2,2-4H3/t21-/m1/s1. The second-order valence-corrected chi connectivity index (χ2v) is 8.01. The van der Waals surface area contributed by atoms with Gasteiger partial charge in [0.2, 0.25) is 6.54 Å². The van der Waals surface area contributed by atoms with Gasteiger partial charge in [-0.2, -0.15) is 0 Å². The third-order valence-electron chi connectivity index (χ3n) is 4.53. The molecule has 2 aromatic carbocycles. The summed E-state index contributed by atoms with van der Waals surface area (Å²) >= 11 is 1.30. The summed E-state index contributed by atoms with van der Waals surface area (Å²) in [5.41, 5.74) is 2.75. The molecule has 0 aliphatic heterocycles. The summed E-state index contributed by atoms with van der Waals surface area (Å²) in [5, 5.41) is 20.0. The monoisotopic (exact) mass is 440 g/mol. The number of nitrogens with zero attached hydrogens (tertiary/aromatic N) is 4. The Balaban J connectivity index is 1.97. The van der Waals surface area contributed by atoms with Gasteiger partial charge in [-0.25, -0.2) is 0 Å². The van der Waals surface area contributed by atoms with Crippen LogP contribution in [0.2, 0.25) is 0 Å². The Labute approximate surface area is 185 Å². The number of benzene rings is 2. The van der Waals surface area contributed by atoms with Gasteiger partial charge in [-0.05, 0) is 49.2 Å². The van der Waals surface area contributed by atoms with Gasteiger partial charge in [0.25, 0.3) is 0 Å². The maximum absolute atomic E-state index is 11.4. The molecule has 0 amide bonds. The van der Waals surface area contributed by atoms with Gasteiger partial charge in [-0.1, -0.05) is 42.6 Å². The Hall–Kier alpha value is -3.33. The zero-order valence-electron chi connectivity index (χ0n) is 17.6. The fourth-order valence-electron chi connectivity index (χ4n) is 3.11. The van der Waals surface area contributed by atoms with Gasteiger partial charge in [-0.15, -0.1) is 10.2 Å². The maximum atomic E-state index is 11.4. The predicted molar refractivity (Wildman–Crippen MR) is 120 cm³/mol. The van der Waals surface area contributed by atoms with Gasteiger partial charge >= 0.3 is 0 Å². The highest BCUT2D eigenvalue weighted by atomic mass is 32.2. The number of rotatable bonds is 10. The first-order chi connectivity index (χ1) is 14.9. The summed E-state index contributed by atoms with van der Waals surface area (Å²) in [6.07, 6.45) is 1.64. The fraction of sp³-hybridized carbons (Fsp3) is 0.273. The fourth-order valence-corrected chi connectivity index (χ4v) is 4.27. The lowest BCUT2D eigenvalue weighted by Gasteiger charge is -2.16. The molecule has 0 aliphatic rings. The smallest absolute Gasteiger partial charge is 0.220 e. The molecule has 1 aromatic heterocycles. The zero-order valence-corrected chi connectivity index (χ0v) is 18.5. The molecule has 0 aliphatic carbocycles. The van der Waals surface area contributed by atoms with E-state index in [1.165, 1.54) is 18.9 Å². The molecule has 0 spiro atoms. The molecule has 8 nitrogen and oxygen atoms in total. The highest BCUT2D eigenvalue weighted by molar-refractivity contribution is 7.99. The Kier molecular flexibility index (Phi) is 7.30. The van der Waals surface area contributed by atoms with Crippen molar-refractivity contribution in [3.05, 3.63) is 82.2 Å². The van der Waals surface area contributed by atoms with E-state index >= 15 is 0 Å². The third kappa shape index (κ3) is 5.43. The van der Waals surface area contributed by atoms with Crippen molar-refractivity contribution >= 4 is 11.8 Å². The lowest BCUT2D eigenvalue weighted by molar-refractivity contribution is -0.479. The summed E-state index contributed by atoms with van der Waals surface area (Å²) in [4.78, 5) is 11.1. The highest BCUT2D eigenvalue weighted by Crippen LogP contribution is 2.39. The summed E-state index contributed by atoms with van der Waals surface area (Å²) in [5.74, 6) is 1.76. The number of aromatic nitrogens is 3. The normalized spacial score (nSPS) is 11.7. The molecule has 0 unspecified atom stereocenters. The number of methoxy groups -OCH3 is 1. The van der Waals surface area contributed by atoms with Crippen molar-refractivity contribution in [3.63, 3.8) is 0 Å². The second-order valence-electron chi connectivity index (χ2n) is 6.84. The van der Waals surface area contributed by atoms with Crippen LogP contribution in [0.25, 0.3) is 5.69 Å². The van der Waals surface area contributed by atoms with Crippen molar-refractivity contribution in [2.75, 3.05) is 20.3 Å². The summed E-state index contributed by atoms with van der Waals surface area (Å²) < 4.78 is 12.9. The van der Waals surface area contributed by atoms with E-state index in [2.05, 4.69) is 16.8 Å². The molecule has 0 fully saturated rings. The first kappa shape index (κ1) is 22.4. The van der Waals surface area contributed by atoms with E-state index in [4.69, 9.17) is 9.47 Å². The Morgan fingerprint density at radius 3 is 2.71 bits per heavy atom. The molecular weight excluding hydrogens is 416 g/mol. The average Bonchev–Trinajstić information content (AvgIpc) is 3.11. The van der Waals surface area contributed by atoms with Crippen molar-refractivity contribution in [1.29, 1.82) is 0 Å². The van der Waals surface area contributed by atoms with Crippen LogP contribution in [0, 0.1) is 24.0 Å². The van der Waals surface area contributed by atoms with Gasteiger partial charge < -0.3 is 9.47 Å². The van der Waals surface area contributed by atoms with E-state index in [-0.39, 0.29) is 11.5 Å². The molecule has 0 saturated heterocycles. The van der Waals surface area contributed by atoms with Crippen LogP contribution in [0.1, 0.15) is 22.2 Å². The average molecular weight is 441 g/mol. The van der Waals surface area contributed by atoms with Crippen LogP contribution < -0.4 is 9.47 Å². The topological polar surface area (TPSA) is 92.3 Å². The van der Waals surface area contributed by atoms with Crippen molar-refractivity contribution in [3.8, 4) is 17.2 Å². The molecule has 1 atom stereocenters. The number of ether oxygens (including phenoxy) is 2. The van der Waals surface area contributed by atoms with Crippen molar-refractivity contribution < 1.29 is 14.4 Å². The molecule has 0 N–H and O–H groups in total. The molecule has 0 radical (unpaired) electrons. The SMILES string of the molecule is C=CCOc1ccc([C@@H](C[N+](=O)[O-])Sc2nnc(C)n2-c2cccc(C)c2)cc1OC. The van der Waals surface area contributed by atoms with E-state index in [1.807, 2.05) is 48.7 Å². The van der Waals surface area contributed by atoms with Crippen LogP contribution in [0.15, 0.2) is 60.3 Å². The highest BCUT2D eigenvalue weighted by Gasteiger charge is 2.25. The van der Waals surface area contributed by atoms with Crippen LogP contribution in [0.4, 0.5) is 0 Å². The first-order valence-electron chi connectivity index (χ1n) is 9.62. The van der Waals surface area contributed by atoms with Gasteiger partial charge in [0.1, 0.15) is 17.7 Å². The van der Waals surface area contributed by atoms with Crippen LogP contribution in [0.3, 0.4) is 0 Å². The lowest BCUT2D eigenvalue weighted by atomic mass is 10.1. The van der Waals surface area contributed by atoms with Crippen molar-refractivity contribution in [2.45, 2.75) is 24.3 Å². The molecule has 31 heavy (non-hydrogen) atoms. The molecule has 0 saturated carbocycles. The summed E-state index contributed by atoms with van der Waals surface area (Å²) in [6.45, 7) is 7.56. The van der Waals surface area contributed by atoms with E-state index < -0.39 is 5.25 Å². The number of hydrogen-bond acceptors (Lipinski definition) is 7. The van der Waals surface area contributed by atoms with E-state index in [0.29, 0.717) is 29.1 Å². The van der Waals surface area contributed by atoms with E-state index in [0.717, 1.165) is 16.8 Å². The Bertz CT molecular complexity index is 1080. The third-order valence-corrected chi connectivity index (χ3v) is 5.71. The molecular formula is C22H24N4O4S. The number of nitro groups is 1. The van der Waals surface area contributed by atoms with Crippen LogP contribution in [-0.2, 0) is 0 Å². The van der Waals surface area contributed by atoms with Crippen molar-refractivity contribution in [2.24, 2.45) is 0 Å². The zero-order chi connectivity index (χ0) is 22.4. The Morgan fingerprint density at radius 2 is 2.03 bits per heavy atom. The summed E-state index contributed by atoms with van der Waals surface area (Å²) in [6, 6.07) is 13.3. The summed E-state index contributed by atoms with van der Waals surface area (Å²) in [7, 11) is 1.53. The molecule has 3 rings (SSSR count). The van der Waals surface area contributed by atoms with Crippen LogP contribution in [-0.4, -0.2) is 39.9 Å². The number of aryl methyl sites for hydroxylation is 2. The lowest BCUT2D eigenvalue weighted by Crippen LogP contribution is -2.11. The minimum Gasteiger partial charge on any atom is -0.493 e. The van der Waals surface area contributed by atoms with Gasteiger partial charge in [0.05, 0.1) is 7.11 Å². The molecule has 3 aromatic rings. The molecule has 162 valence electrons. The largest absolute Gasteiger partial charge is 0.493 e. The predicted octanol–water partition coefficient (Wildman–Crippen LogP) is 4.57. The van der Waals surface area contributed by atoms with Crippen molar-refractivity contribution in [1.82, 2.24) is 14.8 Å². The van der Waals surface area contributed by atoms with Crippen LogP contribution >= 0.6 is 11.8 Å². The van der Waals surface area contributed by atoms with Gasteiger partial charge in [0.15, 0.2) is 16.7 Å².